The fourth-order valence-corrected chi connectivity index (χ4v) is 5.20. The van der Waals surface area contributed by atoms with E-state index in [0.29, 0.717) is 17.9 Å². The second-order valence-electron chi connectivity index (χ2n) is 9.70. The number of methoxy groups -OCH3 is 1. The number of aliphatic hydroxyl groups is 1. The Labute approximate surface area is 225 Å². The van der Waals surface area contributed by atoms with E-state index in [4.69, 9.17) is 9.47 Å². The molecule has 0 aliphatic carbocycles. The van der Waals surface area contributed by atoms with Gasteiger partial charge in [0.25, 0.3) is 5.91 Å². The third-order valence-electron chi connectivity index (χ3n) is 6.34. The average Bonchev–Trinajstić information content (AvgIpc) is 2.90. The van der Waals surface area contributed by atoms with Crippen LogP contribution in [-0.2, 0) is 10.0 Å². The fraction of sp³-hybridized carbons (Fsp3) is 0.481. The summed E-state index contributed by atoms with van der Waals surface area (Å²) in [6.07, 6.45) is 0.910. The van der Waals surface area contributed by atoms with Crippen molar-refractivity contribution in [2.75, 3.05) is 54.5 Å². The highest BCUT2D eigenvalue weighted by Gasteiger charge is 2.36. The number of nitrogens with zero attached hydrogens (tertiary/aromatic N) is 4. The molecule has 2 heterocycles. The van der Waals surface area contributed by atoms with Crippen molar-refractivity contribution in [1.29, 1.82) is 0 Å². The van der Waals surface area contributed by atoms with Crippen molar-refractivity contribution in [3.63, 3.8) is 0 Å². The number of pyridine rings is 1. The Hall–Kier alpha value is -3.17. The Bertz CT molecular complexity index is 1300. The minimum atomic E-state index is -3.85. The number of ether oxygens (including phenoxy) is 2. The van der Waals surface area contributed by atoms with Gasteiger partial charge in [-0.3, -0.25) is 9.69 Å². The standard InChI is InChI=1S/C27H36N4O6S/c1-19-16-31(20(2)18-32)27(33)24-13-21(9-8-12-29(3)4)15-28-26(24)37-25(19)17-30(5)38(34,35)23-11-7-10-22(14-23)36-6/h7,10-11,13-15,19-20,25,32H,12,16-18H2,1-6H3/t19-,20-,25+/m0/s1. The summed E-state index contributed by atoms with van der Waals surface area (Å²) in [4.78, 5) is 21.5. The van der Waals surface area contributed by atoms with Crippen LogP contribution in [0.25, 0.3) is 0 Å². The topological polar surface area (TPSA) is 113 Å². The van der Waals surface area contributed by atoms with Crippen LogP contribution in [0.2, 0.25) is 0 Å². The molecule has 1 amide bonds. The molecule has 0 bridgehead atoms. The van der Waals surface area contributed by atoms with E-state index >= 15 is 0 Å². The molecule has 1 aromatic heterocycles. The number of fused-ring (bicyclic) bond motifs is 1. The van der Waals surface area contributed by atoms with E-state index in [9.17, 15) is 18.3 Å². The van der Waals surface area contributed by atoms with Gasteiger partial charge in [-0.05, 0) is 39.2 Å². The number of carbonyl (C=O) groups excluding carboxylic acids is 1. The first kappa shape index (κ1) is 29.4. The highest BCUT2D eigenvalue weighted by atomic mass is 32.2. The number of amides is 1. The van der Waals surface area contributed by atoms with Crippen LogP contribution in [0.4, 0.5) is 0 Å². The molecule has 1 aliphatic rings. The quantitative estimate of drug-likeness (QED) is 0.498. The number of benzene rings is 1. The first-order chi connectivity index (χ1) is 18.0. The maximum Gasteiger partial charge on any atom is 0.259 e. The van der Waals surface area contributed by atoms with Crippen molar-refractivity contribution in [3.8, 4) is 23.5 Å². The lowest BCUT2D eigenvalue weighted by Gasteiger charge is -2.37. The molecule has 1 aliphatic heterocycles. The van der Waals surface area contributed by atoms with Gasteiger partial charge in [-0.1, -0.05) is 24.8 Å². The van der Waals surface area contributed by atoms with Crippen LogP contribution in [0, 0.1) is 17.8 Å². The number of hydrogen-bond donors (Lipinski definition) is 1. The van der Waals surface area contributed by atoms with Crippen molar-refractivity contribution < 1.29 is 27.8 Å². The number of rotatable bonds is 8. The maximum atomic E-state index is 13.5. The van der Waals surface area contributed by atoms with E-state index in [1.54, 1.807) is 30.0 Å². The minimum Gasteiger partial charge on any atom is -0.497 e. The molecule has 0 radical (unpaired) electrons. The molecule has 0 unspecified atom stereocenters. The zero-order valence-electron chi connectivity index (χ0n) is 22.7. The van der Waals surface area contributed by atoms with Gasteiger partial charge in [-0.15, -0.1) is 0 Å². The number of hydrogen-bond acceptors (Lipinski definition) is 8. The molecular formula is C27H36N4O6S. The molecule has 2 aromatic rings. The summed E-state index contributed by atoms with van der Waals surface area (Å²) >= 11 is 0. The van der Waals surface area contributed by atoms with E-state index in [-0.39, 0.29) is 47.9 Å². The molecular weight excluding hydrogens is 508 g/mol. The number of aliphatic hydroxyl groups excluding tert-OH is 1. The van der Waals surface area contributed by atoms with Gasteiger partial charge in [0.05, 0.1) is 37.7 Å². The summed E-state index contributed by atoms with van der Waals surface area (Å²) in [7, 11) is 2.93. The van der Waals surface area contributed by atoms with Crippen LogP contribution < -0.4 is 9.47 Å². The zero-order chi connectivity index (χ0) is 28.0. The van der Waals surface area contributed by atoms with Crippen LogP contribution >= 0.6 is 0 Å². The molecule has 0 spiro atoms. The molecule has 11 heteroatoms. The predicted octanol–water partition coefficient (Wildman–Crippen LogP) is 1.54. The molecule has 1 aromatic carbocycles. The summed E-state index contributed by atoms with van der Waals surface area (Å²) in [5, 5.41) is 9.85. The maximum absolute atomic E-state index is 13.5. The van der Waals surface area contributed by atoms with E-state index in [0.717, 1.165) is 0 Å². The molecule has 0 fully saturated rings. The van der Waals surface area contributed by atoms with Crippen molar-refractivity contribution in [1.82, 2.24) is 19.1 Å². The van der Waals surface area contributed by atoms with Gasteiger partial charge in [0.2, 0.25) is 15.9 Å². The number of likely N-dealkylation sites (N-methyl/N-ethyl adjacent to an activating group) is 1. The van der Waals surface area contributed by atoms with E-state index < -0.39 is 22.2 Å². The summed E-state index contributed by atoms with van der Waals surface area (Å²) < 4.78 is 39.3. The molecule has 10 nitrogen and oxygen atoms in total. The molecule has 1 N–H and O–H groups in total. The minimum absolute atomic E-state index is 0.0156. The van der Waals surface area contributed by atoms with Crippen LogP contribution in [0.3, 0.4) is 0 Å². The summed E-state index contributed by atoms with van der Waals surface area (Å²) in [6.45, 7) is 4.24. The number of aromatic nitrogens is 1. The van der Waals surface area contributed by atoms with Gasteiger partial charge in [-0.2, -0.15) is 4.31 Å². The lowest BCUT2D eigenvalue weighted by Crippen LogP contribution is -2.50. The first-order valence-corrected chi connectivity index (χ1v) is 13.7. The van der Waals surface area contributed by atoms with Crippen LogP contribution in [-0.4, -0.2) is 105 Å². The van der Waals surface area contributed by atoms with Crippen molar-refractivity contribution in [2.24, 2.45) is 5.92 Å². The van der Waals surface area contributed by atoms with Crippen LogP contribution in [0.5, 0.6) is 11.6 Å². The smallest absolute Gasteiger partial charge is 0.259 e. The third kappa shape index (κ3) is 6.82. The van der Waals surface area contributed by atoms with E-state index in [1.165, 1.54) is 36.8 Å². The van der Waals surface area contributed by atoms with Crippen molar-refractivity contribution >= 4 is 15.9 Å². The van der Waals surface area contributed by atoms with E-state index in [2.05, 4.69) is 16.8 Å². The Balaban J connectivity index is 1.97. The number of carbonyl (C=O) groups is 1. The van der Waals surface area contributed by atoms with Gasteiger partial charge in [0.1, 0.15) is 17.4 Å². The molecule has 0 saturated carbocycles. The van der Waals surface area contributed by atoms with Gasteiger partial charge in [-0.25, -0.2) is 13.4 Å². The Morgan fingerprint density at radius 3 is 2.68 bits per heavy atom. The highest BCUT2D eigenvalue weighted by Crippen LogP contribution is 2.28. The Morgan fingerprint density at radius 2 is 2.03 bits per heavy atom. The third-order valence-corrected chi connectivity index (χ3v) is 8.15. The van der Waals surface area contributed by atoms with Crippen LogP contribution in [0.15, 0.2) is 41.4 Å². The second-order valence-corrected chi connectivity index (χ2v) is 11.7. The summed E-state index contributed by atoms with van der Waals surface area (Å²) in [5.74, 6) is 5.98. The Kier molecular flexibility index (Phi) is 9.73. The largest absolute Gasteiger partial charge is 0.497 e. The SMILES string of the molecule is COc1cccc(S(=O)(=O)N(C)C[C@H]2Oc3ncc(C#CCN(C)C)cc3C(=O)N([C@@H](C)CO)C[C@@H]2C)c1. The Morgan fingerprint density at radius 1 is 1.29 bits per heavy atom. The zero-order valence-corrected chi connectivity index (χ0v) is 23.5. The van der Waals surface area contributed by atoms with Gasteiger partial charge >= 0.3 is 0 Å². The monoisotopic (exact) mass is 544 g/mol. The molecule has 3 rings (SSSR count). The van der Waals surface area contributed by atoms with Gasteiger partial charge < -0.3 is 19.5 Å². The predicted molar refractivity (Wildman–Crippen MR) is 144 cm³/mol. The first-order valence-electron chi connectivity index (χ1n) is 12.3. The molecule has 206 valence electrons. The second kappa shape index (κ2) is 12.6. The number of sulfonamides is 1. The average molecular weight is 545 g/mol. The van der Waals surface area contributed by atoms with E-state index in [1.807, 2.05) is 25.9 Å². The fourth-order valence-electron chi connectivity index (χ4n) is 3.98. The van der Waals surface area contributed by atoms with Crippen molar-refractivity contribution in [2.45, 2.75) is 30.9 Å². The van der Waals surface area contributed by atoms with Gasteiger partial charge in [0.15, 0.2) is 0 Å². The summed E-state index contributed by atoms with van der Waals surface area (Å²) in [6, 6.07) is 7.44. The van der Waals surface area contributed by atoms with Crippen molar-refractivity contribution in [3.05, 3.63) is 47.7 Å². The lowest BCUT2D eigenvalue weighted by atomic mass is 10.0. The van der Waals surface area contributed by atoms with Crippen LogP contribution in [0.1, 0.15) is 29.8 Å². The highest BCUT2D eigenvalue weighted by molar-refractivity contribution is 7.89. The molecule has 38 heavy (non-hydrogen) atoms. The normalized spacial score (nSPS) is 18.7. The lowest BCUT2D eigenvalue weighted by molar-refractivity contribution is 0.0373. The molecule has 3 atom stereocenters. The van der Waals surface area contributed by atoms with Gasteiger partial charge in [0, 0.05) is 37.3 Å². The molecule has 0 saturated heterocycles. The summed E-state index contributed by atoms with van der Waals surface area (Å²) in [5.41, 5.74) is 0.777.